The van der Waals surface area contributed by atoms with Gasteiger partial charge in [0.25, 0.3) is 5.91 Å². The second-order valence-electron chi connectivity index (χ2n) is 7.82. The number of anilines is 1. The maximum absolute atomic E-state index is 12.5. The highest BCUT2D eigenvalue weighted by atomic mass is 16.5. The molecule has 0 fully saturated rings. The van der Waals surface area contributed by atoms with E-state index in [1.807, 2.05) is 0 Å². The first-order chi connectivity index (χ1) is 16.6. The number of amides is 1. The van der Waals surface area contributed by atoms with E-state index < -0.39 is 5.97 Å². The molecule has 0 saturated carbocycles. The molecule has 34 heavy (non-hydrogen) atoms. The van der Waals surface area contributed by atoms with E-state index in [9.17, 15) is 9.59 Å². The second-order valence-corrected chi connectivity index (χ2v) is 7.82. The van der Waals surface area contributed by atoms with Gasteiger partial charge in [-0.3, -0.25) is 4.79 Å². The van der Waals surface area contributed by atoms with Crippen molar-refractivity contribution < 1.29 is 23.8 Å². The van der Waals surface area contributed by atoms with Crippen molar-refractivity contribution in [3.63, 3.8) is 0 Å². The molecular weight excluding hydrogens is 430 g/mol. The third-order valence-electron chi connectivity index (χ3n) is 5.06. The van der Waals surface area contributed by atoms with Crippen LogP contribution in [-0.2, 0) is 0 Å². The summed E-state index contributed by atoms with van der Waals surface area (Å²) in [6, 6.07) is 20.5. The number of carbonyl (C=O) groups excluding carboxylic acids is 2. The first kappa shape index (κ1) is 24.8. The molecule has 0 aliphatic heterocycles. The molecule has 0 heterocycles. The van der Waals surface area contributed by atoms with Crippen LogP contribution < -0.4 is 19.5 Å². The van der Waals surface area contributed by atoms with E-state index >= 15 is 0 Å². The number of hydrogen-bond donors (Lipinski definition) is 1. The van der Waals surface area contributed by atoms with Crippen LogP contribution in [0.4, 0.5) is 5.69 Å². The summed E-state index contributed by atoms with van der Waals surface area (Å²) in [5, 5.41) is 2.83. The molecular formula is C28H31NO5. The Kier molecular flexibility index (Phi) is 9.52. The maximum Gasteiger partial charge on any atom is 0.343 e. The van der Waals surface area contributed by atoms with E-state index in [0.717, 1.165) is 37.2 Å². The van der Waals surface area contributed by atoms with E-state index in [4.69, 9.17) is 14.2 Å². The Morgan fingerprint density at radius 2 is 1.12 bits per heavy atom. The molecule has 0 spiro atoms. The van der Waals surface area contributed by atoms with Crippen LogP contribution in [0, 0.1) is 0 Å². The lowest BCUT2D eigenvalue weighted by Crippen LogP contribution is -2.12. The van der Waals surface area contributed by atoms with Crippen LogP contribution in [0.15, 0.2) is 72.8 Å². The molecule has 0 aromatic heterocycles. The first-order valence-electron chi connectivity index (χ1n) is 11.7. The Bertz CT molecular complexity index is 1040. The van der Waals surface area contributed by atoms with Gasteiger partial charge < -0.3 is 19.5 Å². The Hall–Kier alpha value is -3.80. The normalized spacial score (nSPS) is 10.4. The van der Waals surface area contributed by atoms with E-state index in [2.05, 4.69) is 19.2 Å². The molecule has 0 bridgehead atoms. The van der Waals surface area contributed by atoms with Gasteiger partial charge >= 0.3 is 5.97 Å². The van der Waals surface area contributed by atoms with Crippen molar-refractivity contribution in [2.24, 2.45) is 0 Å². The van der Waals surface area contributed by atoms with E-state index in [1.54, 1.807) is 72.8 Å². The fourth-order valence-electron chi connectivity index (χ4n) is 3.03. The highest BCUT2D eigenvalue weighted by Crippen LogP contribution is 2.20. The fraction of sp³-hybridized carbons (Fsp3) is 0.286. The van der Waals surface area contributed by atoms with Crippen LogP contribution in [0.1, 0.15) is 60.2 Å². The van der Waals surface area contributed by atoms with E-state index in [0.29, 0.717) is 35.8 Å². The number of carbonyl (C=O) groups is 2. The van der Waals surface area contributed by atoms with Gasteiger partial charge in [0.2, 0.25) is 0 Å². The summed E-state index contributed by atoms with van der Waals surface area (Å²) in [7, 11) is 0. The van der Waals surface area contributed by atoms with Gasteiger partial charge in [-0.2, -0.15) is 0 Å². The quantitative estimate of drug-likeness (QED) is 0.189. The monoisotopic (exact) mass is 461 g/mol. The highest BCUT2D eigenvalue weighted by Gasteiger charge is 2.11. The molecule has 0 radical (unpaired) electrons. The number of rotatable bonds is 12. The van der Waals surface area contributed by atoms with Crippen LogP contribution in [0.2, 0.25) is 0 Å². The van der Waals surface area contributed by atoms with Crippen molar-refractivity contribution in [1.82, 2.24) is 0 Å². The van der Waals surface area contributed by atoms with Crippen LogP contribution >= 0.6 is 0 Å². The van der Waals surface area contributed by atoms with Crippen LogP contribution in [0.5, 0.6) is 17.2 Å². The molecule has 0 aliphatic carbocycles. The smallest absolute Gasteiger partial charge is 0.343 e. The number of ether oxygens (including phenoxy) is 3. The number of unbranched alkanes of at least 4 members (excludes halogenated alkanes) is 2. The molecule has 178 valence electrons. The van der Waals surface area contributed by atoms with Crippen molar-refractivity contribution in [2.75, 3.05) is 18.5 Å². The molecule has 0 unspecified atom stereocenters. The molecule has 1 N–H and O–H groups in total. The van der Waals surface area contributed by atoms with E-state index in [-0.39, 0.29) is 5.91 Å². The van der Waals surface area contributed by atoms with Crippen LogP contribution in [-0.4, -0.2) is 25.1 Å². The summed E-state index contributed by atoms with van der Waals surface area (Å²) in [6.07, 6.45) is 4.12. The topological polar surface area (TPSA) is 73.9 Å². The molecule has 6 nitrogen and oxygen atoms in total. The van der Waals surface area contributed by atoms with Gasteiger partial charge in [-0.05, 0) is 85.6 Å². The van der Waals surface area contributed by atoms with Crippen molar-refractivity contribution in [1.29, 1.82) is 0 Å². The van der Waals surface area contributed by atoms with Gasteiger partial charge in [0, 0.05) is 11.3 Å². The zero-order valence-corrected chi connectivity index (χ0v) is 19.7. The Morgan fingerprint density at radius 3 is 1.65 bits per heavy atom. The Balaban J connectivity index is 1.51. The van der Waals surface area contributed by atoms with Gasteiger partial charge in [-0.25, -0.2) is 4.79 Å². The molecule has 3 rings (SSSR count). The van der Waals surface area contributed by atoms with Crippen molar-refractivity contribution in [3.8, 4) is 17.2 Å². The minimum Gasteiger partial charge on any atom is -0.494 e. The van der Waals surface area contributed by atoms with Gasteiger partial charge in [-0.1, -0.05) is 26.7 Å². The van der Waals surface area contributed by atoms with Gasteiger partial charge in [0.05, 0.1) is 18.8 Å². The summed E-state index contributed by atoms with van der Waals surface area (Å²) in [4.78, 5) is 24.9. The zero-order valence-electron chi connectivity index (χ0n) is 19.7. The standard InChI is InChI=1S/C28H31NO5/c1-3-5-19-32-24-13-9-21(10-14-24)27(30)29-23-11-7-22(8-12-23)28(31)34-26-17-15-25(16-18-26)33-20-6-4-2/h7-18H,3-6,19-20H2,1-2H3,(H,29,30). The fourth-order valence-corrected chi connectivity index (χ4v) is 3.03. The Labute approximate surface area is 200 Å². The van der Waals surface area contributed by atoms with Gasteiger partial charge in [0.1, 0.15) is 17.2 Å². The first-order valence-corrected chi connectivity index (χ1v) is 11.7. The molecule has 3 aromatic carbocycles. The maximum atomic E-state index is 12.5. The lowest BCUT2D eigenvalue weighted by molar-refractivity contribution is 0.0734. The summed E-state index contributed by atoms with van der Waals surface area (Å²) in [5.41, 5.74) is 1.49. The zero-order chi connectivity index (χ0) is 24.2. The number of benzene rings is 3. The van der Waals surface area contributed by atoms with Gasteiger partial charge in [0.15, 0.2) is 0 Å². The van der Waals surface area contributed by atoms with Crippen molar-refractivity contribution >= 4 is 17.6 Å². The molecule has 1 amide bonds. The predicted molar refractivity (Wildman–Crippen MR) is 133 cm³/mol. The van der Waals surface area contributed by atoms with Crippen LogP contribution in [0.3, 0.4) is 0 Å². The minimum absolute atomic E-state index is 0.239. The summed E-state index contributed by atoms with van der Waals surface area (Å²) >= 11 is 0. The van der Waals surface area contributed by atoms with Crippen molar-refractivity contribution in [2.45, 2.75) is 39.5 Å². The summed E-state index contributed by atoms with van der Waals surface area (Å²) in [6.45, 7) is 5.54. The second kappa shape index (κ2) is 13.0. The summed E-state index contributed by atoms with van der Waals surface area (Å²) in [5.74, 6) is 1.21. The average molecular weight is 462 g/mol. The molecule has 0 saturated heterocycles. The van der Waals surface area contributed by atoms with Crippen LogP contribution in [0.25, 0.3) is 0 Å². The Morgan fingerprint density at radius 1 is 0.647 bits per heavy atom. The summed E-state index contributed by atoms with van der Waals surface area (Å²) < 4.78 is 16.7. The molecule has 6 heteroatoms. The SMILES string of the molecule is CCCCOc1ccc(OC(=O)c2ccc(NC(=O)c3ccc(OCCCC)cc3)cc2)cc1. The molecule has 0 aliphatic rings. The van der Waals surface area contributed by atoms with E-state index in [1.165, 1.54) is 0 Å². The third-order valence-corrected chi connectivity index (χ3v) is 5.06. The number of hydrogen-bond acceptors (Lipinski definition) is 5. The molecule has 3 aromatic rings. The lowest BCUT2D eigenvalue weighted by atomic mass is 10.1. The third kappa shape index (κ3) is 7.66. The van der Waals surface area contributed by atoms with Crippen molar-refractivity contribution in [3.05, 3.63) is 83.9 Å². The average Bonchev–Trinajstić information content (AvgIpc) is 2.86. The number of nitrogens with one attached hydrogen (secondary N) is 1. The largest absolute Gasteiger partial charge is 0.494 e. The molecule has 0 atom stereocenters. The highest BCUT2D eigenvalue weighted by molar-refractivity contribution is 6.04. The van der Waals surface area contributed by atoms with Gasteiger partial charge in [-0.15, -0.1) is 0 Å². The minimum atomic E-state index is -0.476. The predicted octanol–water partition coefficient (Wildman–Crippen LogP) is 6.52. The number of esters is 1. The lowest BCUT2D eigenvalue weighted by Gasteiger charge is -2.09.